The molecule has 0 saturated carbocycles. The van der Waals surface area contributed by atoms with Crippen molar-refractivity contribution in [3.63, 3.8) is 0 Å². The Morgan fingerprint density at radius 1 is 1.10 bits per heavy atom. The summed E-state index contributed by atoms with van der Waals surface area (Å²) in [6, 6.07) is 16.6. The quantitative estimate of drug-likeness (QED) is 0.691. The smallest absolute Gasteiger partial charge is 0.318 e. The molecule has 1 saturated heterocycles. The summed E-state index contributed by atoms with van der Waals surface area (Å²) in [5.74, 6) is -0.482. The van der Waals surface area contributed by atoms with E-state index >= 15 is 0 Å². The van der Waals surface area contributed by atoms with Gasteiger partial charge in [-0.05, 0) is 36.6 Å². The van der Waals surface area contributed by atoms with Gasteiger partial charge in [0.2, 0.25) is 0 Å². The highest BCUT2D eigenvalue weighted by Gasteiger charge is 2.49. The Morgan fingerprint density at radius 2 is 1.73 bits per heavy atom. The van der Waals surface area contributed by atoms with Crippen molar-refractivity contribution in [2.24, 2.45) is 0 Å². The van der Waals surface area contributed by atoms with Gasteiger partial charge in [0.15, 0.2) is 0 Å². The third-order valence-electron chi connectivity index (χ3n) is 5.29. The highest BCUT2D eigenvalue weighted by atomic mass is 16.2. The number of hydrazine groups is 1. The van der Waals surface area contributed by atoms with Crippen LogP contribution in [0.5, 0.6) is 0 Å². The first-order valence-corrected chi connectivity index (χ1v) is 10.00. The monoisotopic (exact) mass is 408 g/mol. The van der Waals surface area contributed by atoms with Crippen LogP contribution >= 0.6 is 0 Å². The molecule has 30 heavy (non-hydrogen) atoms. The number of hydrogen-bond acceptors (Lipinski definition) is 4. The maximum Gasteiger partial charge on any atom is 0.344 e. The van der Waals surface area contributed by atoms with Crippen LogP contribution < -0.4 is 10.7 Å². The number of likely N-dealkylation sites (N-methyl/N-ethyl adjacent to an activating group) is 1. The molecule has 4 amide bonds. The second-order valence-corrected chi connectivity index (χ2v) is 8.17. The fraction of sp³-hybridized carbons (Fsp3) is 0.348. The summed E-state index contributed by atoms with van der Waals surface area (Å²) in [5.41, 5.74) is 4.23. The molecule has 0 bridgehead atoms. The summed E-state index contributed by atoms with van der Waals surface area (Å²) in [6.07, 6.45) is 0. The van der Waals surface area contributed by atoms with Gasteiger partial charge in [0.25, 0.3) is 11.8 Å². The number of rotatable bonds is 7. The Kier molecular flexibility index (Phi) is 6.22. The fourth-order valence-electron chi connectivity index (χ4n) is 3.49. The Morgan fingerprint density at radius 3 is 2.33 bits per heavy atom. The van der Waals surface area contributed by atoms with Gasteiger partial charge in [-0.1, -0.05) is 68.4 Å². The molecular formula is C23H28N4O3. The Labute approximate surface area is 177 Å². The van der Waals surface area contributed by atoms with Gasteiger partial charge < -0.3 is 5.32 Å². The summed E-state index contributed by atoms with van der Waals surface area (Å²) in [5, 5.41) is 3.43. The summed E-state index contributed by atoms with van der Waals surface area (Å²) in [6.45, 7) is 6.54. The van der Waals surface area contributed by atoms with Crippen molar-refractivity contribution in [3.05, 3.63) is 71.3 Å². The average Bonchev–Trinajstić information content (AvgIpc) is 2.93. The lowest BCUT2D eigenvalue weighted by Gasteiger charge is -2.22. The minimum absolute atomic E-state index is 0.0467. The molecule has 1 heterocycles. The summed E-state index contributed by atoms with van der Waals surface area (Å²) >= 11 is 0. The molecule has 0 radical (unpaired) electrons. The molecule has 1 aliphatic heterocycles. The van der Waals surface area contributed by atoms with Gasteiger partial charge in [0.1, 0.15) is 5.54 Å². The van der Waals surface area contributed by atoms with Crippen molar-refractivity contribution in [3.8, 4) is 0 Å². The van der Waals surface area contributed by atoms with Crippen molar-refractivity contribution >= 4 is 17.8 Å². The first-order chi connectivity index (χ1) is 14.2. The van der Waals surface area contributed by atoms with Gasteiger partial charge in [0, 0.05) is 6.54 Å². The number of nitrogens with one attached hydrogen (secondary N) is 2. The highest BCUT2D eigenvalue weighted by molar-refractivity contribution is 6.08. The van der Waals surface area contributed by atoms with Crippen molar-refractivity contribution < 1.29 is 14.4 Å². The number of carbonyl (C=O) groups is 3. The molecule has 2 aromatic carbocycles. The van der Waals surface area contributed by atoms with Crippen LogP contribution in [0.2, 0.25) is 0 Å². The molecule has 0 unspecified atom stereocenters. The van der Waals surface area contributed by atoms with Gasteiger partial charge >= 0.3 is 6.03 Å². The number of amides is 4. The fourth-order valence-corrected chi connectivity index (χ4v) is 3.49. The van der Waals surface area contributed by atoms with E-state index in [2.05, 4.69) is 36.7 Å². The minimum Gasteiger partial charge on any atom is -0.318 e. The number of carbonyl (C=O) groups excluding carboxylic acids is 3. The zero-order chi connectivity index (χ0) is 21.9. The van der Waals surface area contributed by atoms with E-state index in [4.69, 9.17) is 0 Å². The lowest BCUT2D eigenvalue weighted by molar-refractivity contribution is -0.139. The van der Waals surface area contributed by atoms with E-state index in [0.29, 0.717) is 18.0 Å². The summed E-state index contributed by atoms with van der Waals surface area (Å²) < 4.78 is 0. The first-order valence-electron chi connectivity index (χ1n) is 10.00. The van der Waals surface area contributed by atoms with E-state index in [1.165, 1.54) is 5.56 Å². The molecule has 2 N–H and O–H groups in total. The maximum absolute atomic E-state index is 12.9. The zero-order valence-electron chi connectivity index (χ0n) is 17.8. The average molecular weight is 409 g/mol. The van der Waals surface area contributed by atoms with Crippen LogP contribution in [0.4, 0.5) is 4.79 Å². The number of hydrogen-bond donors (Lipinski definition) is 2. The van der Waals surface area contributed by atoms with Gasteiger partial charge in [0.05, 0.1) is 6.54 Å². The van der Waals surface area contributed by atoms with E-state index in [-0.39, 0.29) is 6.54 Å². The predicted octanol–water partition coefficient (Wildman–Crippen LogP) is 2.74. The van der Waals surface area contributed by atoms with Gasteiger partial charge in [-0.2, -0.15) is 5.01 Å². The van der Waals surface area contributed by atoms with E-state index in [0.717, 1.165) is 10.6 Å². The van der Waals surface area contributed by atoms with Crippen LogP contribution in [0.3, 0.4) is 0 Å². The molecule has 0 spiro atoms. The number of benzene rings is 2. The lowest BCUT2D eigenvalue weighted by Crippen LogP contribution is -2.50. The Balaban J connectivity index is 1.59. The van der Waals surface area contributed by atoms with E-state index < -0.39 is 23.4 Å². The first kappa shape index (κ1) is 21.5. The molecule has 1 atom stereocenters. The third-order valence-corrected chi connectivity index (χ3v) is 5.29. The minimum atomic E-state index is -1.21. The third kappa shape index (κ3) is 4.52. The molecule has 1 fully saturated rings. The van der Waals surface area contributed by atoms with Gasteiger partial charge in [-0.25, -0.2) is 4.79 Å². The van der Waals surface area contributed by atoms with Crippen LogP contribution in [0.15, 0.2) is 54.6 Å². The molecule has 2 aromatic rings. The molecule has 158 valence electrons. The Hall–Kier alpha value is -3.19. The Bertz CT molecular complexity index is 927. The number of imide groups is 1. The molecule has 1 aliphatic rings. The number of urea groups is 1. The molecule has 3 rings (SSSR count). The lowest BCUT2D eigenvalue weighted by atomic mass is 9.92. The van der Waals surface area contributed by atoms with Crippen molar-refractivity contribution in [1.82, 2.24) is 20.7 Å². The number of nitrogens with zero attached hydrogens (tertiary/aromatic N) is 2. The topological polar surface area (TPSA) is 81.8 Å². The van der Waals surface area contributed by atoms with E-state index in [9.17, 15) is 14.4 Å². The highest BCUT2D eigenvalue weighted by Crippen LogP contribution is 2.27. The van der Waals surface area contributed by atoms with Crippen LogP contribution in [0.25, 0.3) is 0 Å². The maximum atomic E-state index is 12.9. The van der Waals surface area contributed by atoms with Crippen molar-refractivity contribution in [1.29, 1.82) is 0 Å². The van der Waals surface area contributed by atoms with Crippen molar-refractivity contribution in [2.45, 2.75) is 38.8 Å². The standard InChI is InChI=1S/C23H28N4O3/c1-16(2)18-12-10-17(11-13-18)14-26(4)15-20(28)25-27-21(29)23(3,24-22(27)30)19-8-6-5-7-9-19/h5-13,16H,14-15H2,1-4H3,(H,24,30)(H,25,28)/t23-/m0/s1. The summed E-state index contributed by atoms with van der Waals surface area (Å²) in [4.78, 5) is 39.5. The zero-order valence-corrected chi connectivity index (χ0v) is 17.8. The largest absolute Gasteiger partial charge is 0.344 e. The van der Waals surface area contributed by atoms with E-state index in [1.807, 2.05) is 30.1 Å². The molecule has 0 aliphatic carbocycles. The van der Waals surface area contributed by atoms with Gasteiger partial charge in [-0.3, -0.25) is 19.9 Å². The molecule has 7 heteroatoms. The normalized spacial score (nSPS) is 18.8. The van der Waals surface area contributed by atoms with Crippen LogP contribution in [-0.2, 0) is 21.7 Å². The van der Waals surface area contributed by atoms with Crippen LogP contribution in [-0.4, -0.2) is 41.3 Å². The van der Waals surface area contributed by atoms with Gasteiger partial charge in [-0.15, -0.1) is 0 Å². The molecule has 0 aromatic heterocycles. The summed E-state index contributed by atoms with van der Waals surface area (Å²) in [7, 11) is 1.82. The molecular weight excluding hydrogens is 380 g/mol. The SMILES string of the molecule is CC(C)c1ccc(CN(C)CC(=O)NN2C(=O)N[C@@](C)(c3ccccc3)C2=O)cc1. The molecule has 7 nitrogen and oxygen atoms in total. The van der Waals surface area contributed by atoms with Crippen molar-refractivity contribution in [2.75, 3.05) is 13.6 Å². The second-order valence-electron chi connectivity index (χ2n) is 8.17. The van der Waals surface area contributed by atoms with Crippen LogP contribution in [0, 0.1) is 0 Å². The predicted molar refractivity (Wildman–Crippen MR) is 114 cm³/mol. The van der Waals surface area contributed by atoms with Crippen LogP contribution in [0.1, 0.15) is 43.4 Å². The second kappa shape index (κ2) is 8.67. The van der Waals surface area contributed by atoms with E-state index in [1.54, 1.807) is 31.2 Å².